The average molecular weight is 575 g/mol. The molecule has 186 valence electrons. The summed E-state index contributed by atoms with van der Waals surface area (Å²) < 4.78 is 18.6. The van der Waals surface area contributed by atoms with E-state index in [0.29, 0.717) is 0 Å². The summed E-state index contributed by atoms with van der Waals surface area (Å²) in [5.74, 6) is 0. The number of rotatable bonds is 2. The highest BCUT2D eigenvalue weighted by molar-refractivity contribution is 7.21. The molecule has 4 aromatic heterocycles. The Bertz CT molecular complexity index is 2120. The van der Waals surface area contributed by atoms with Crippen molar-refractivity contribution in [1.82, 2.24) is 17.5 Å². The number of benzene rings is 4. The molecular weight excluding hydrogens is 557 g/mol. The first-order valence-electron chi connectivity index (χ1n) is 12.7. The number of fused-ring (bicyclic) bond motifs is 7. The van der Waals surface area contributed by atoms with Crippen LogP contribution in [-0.2, 0) is 5.41 Å². The van der Waals surface area contributed by atoms with Crippen LogP contribution < -0.4 is 0 Å². The molecule has 8 heteroatoms. The molecule has 0 radical (unpaired) electrons. The van der Waals surface area contributed by atoms with Gasteiger partial charge in [-0.2, -0.15) is 17.5 Å². The van der Waals surface area contributed by atoms with Gasteiger partial charge in [0, 0.05) is 41.6 Å². The van der Waals surface area contributed by atoms with Crippen LogP contribution in [0, 0.1) is 0 Å². The van der Waals surface area contributed by atoms with Gasteiger partial charge in [0.15, 0.2) is 0 Å². The Labute approximate surface area is 239 Å². The Morgan fingerprint density at radius 2 is 1.18 bits per heavy atom. The Morgan fingerprint density at radius 3 is 1.79 bits per heavy atom. The molecule has 0 bridgehead atoms. The van der Waals surface area contributed by atoms with Gasteiger partial charge in [-0.25, -0.2) is 0 Å². The maximum Gasteiger partial charge on any atom is 0.114 e. The Morgan fingerprint density at radius 1 is 0.615 bits per heavy atom. The van der Waals surface area contributed by atoms with Crippen LogP contribution in [0.15, 0.2) is 72.8 Å². The van der Waals surface area contributed by atoms with Crippen LogP contribution in [0.1, 0.15) is 24.3 Å². The quantitative estimate of drug-likeness (QED) is 0.206. The van der Waals surface area contributed by atoms with E-state index < -0.39 is 0 Å². The molecule has 0 saturated carbocycles. The summed E-state index contributed by atoms with van der Waals surface area (Å²) in [6.45, 7) is 4.72. The molecule has 0 atom stereocenters. The zero-order valence-corrected chi connectivity index (χ0v) is 24.1. The van der Waals surface area contributed by atoms with Crippen LogP contribution in [-0.4, -0.2) is 17.5 Å². The van der Waals surface area contributed by atoms with Crippen molar-refractivity contribution in [3.63, 3.8) is 0 Å². The van der Waals surface area contributed by atoms with Crippen molar-refractivity contribution in [2.24, 2.45) is 0 Å². The molecule has 9 rings (SSSR count). The highest BCUT2D eigenvalue weighted by atomic mass is 32.1. The standard InChI is InChI=1S/C31H18N4S4/c1-31(2)20-14-24(26-18-10-6-4-8-16(18)12-22-28(26)35-39-33-22)36-29(20)19-13-23(37-30(19)31)25-17-9-5-3-7-15(17)11-21-27(25)34-38-32-21/h3-14H,1-2H3. The molecular formula is C31H18N4S4. The first kappa shape index (κ1) is 22.3. The minimum atomic E-state index is -0.0869. The van der Waals surface area contributed by atoms with Gasteiger partial charge in [-0.05, 0) is 51.4 Å². The molecule has 0 aliphatic heterocycles. The zero-order valence-electron chi connectivity index (χ0n) is 20.9. The van der Waals surface area contributed by atoms with Gasteiger partial charge < -0.3 is 0 Å². The fraction of sp³-hybridized carbons (Fsp3) is 0.0968. The van der Waals surface area contributed by atoms with Crippen molar-refractivity contribution in [2.45, 2.75) is 19.3 Å². The first-order chi connectivity index (χ1) is 19.1. The van der Waals surface area contributed by atoms with Crippen LogP contribution in [0.5, 0.6) is 0 Å². The van der Waals surface area contributed by atoms with Gasteiger partial charge in [0.05, 0.1) is 23.5 Å². The van der Waals surface area contributed by atoms with E-state index in [1.807, 2.05) is 22.7 Å². The molecule has 4 heterocycles. The lowest BCUT2D eigenvalue weighted by molar-refractivity contribution is 0.676. The third-order valence-electron chi connectivity index (χ3n) is 7.99. The number of thiophene rings is 2. The van der Waals surface area contributed by atoms with Crippen molar-refractivity contribution in [3.05, 3.63) is 83.2 Å². The van der Waals surface area contributed by atoms with Gasteiger partial charge in [0.2, 0.25) is 0 Å². The van der Waals surface area contributed by atoms with Crippen molar-refractivity contribution < 1.29 is 0 Å². The summed E-state index contributed by atoms with van der Waals surface area (Å²) in [5.41, 5.74) is 9.00. The number of hydrogen-bond acceptors (Lipinski definition) is 8. The molecule has 8 aromatic rings. The van der Waals surface area contributed by atoms with Crippen molar-refractivity contribution in [2.75, 3.05) is 0 Å². The Balaban J connectivity index is 1.29. The van der Waals surface area contributed by atoms with E-state index in [4.69, 9.17) is 8.75 Å². The maximum atomic E-state index is 4.73. The van der Waals surface area contributed by atoms with E-state index in [2.05, 4.69) is 95.4 Å². The van der Waals surface area contributed by atoms with E-state index in [0.717, 1.165) is 22.1 Å². The fourth-order valence-corrected chi connectivity index (χ4v) is 10.0. The maximum absolute atomic E-state index is 4.73. The van der Waals surface area contributed by atoms with Gasteiger partial charge in [-0.1, -0.05) is 62.4 Å². The van der Waals surface area contributed by atoms with Gasteiger partial charge in [0.25, 0.3) is 0 Å². The smallest absolute Gasteiger partial charge is 0.114 e. The Hall–Kier alpha value is -3.56. The second-order valence-corrected chi connectivity index (χ2v) is 13.7. The third kappa shape index (κ3) is 2.97. The number of aromatic nitrogens is 4. The van der Waals surface area contributed by atoms with E-state index in [-0.39, 0.29) is 5.41 Å². The second kappa shape index (κ2) is 7.76. The monoisotopic (exact) mass is 574 g/mol. The molecule has 4 aromatic carbocycles. The zero-order chi connectivity index (χ0) is 25.9. The van der Waals surface area contributed by atoms with Crippen LogP contribution in [0.4, 0.5) is 0 Å². The lowest BCUT2D eigenvalue weighted by atomic mass is 9.88. The van der Waals surface area contributed by atoms with E-state index in [1.54, 1.807) is 0 Å². The number of nitrogens with zero attached hydrogens (tertiary/aromatic N) is 4. The topological polar surface area (TPSA) is 51.6 Å². The number of hydrogen-bond donors (Lipinski definition) is 0. The Kier molecular flexibility index (Phi) is 4.43. The highest BCUT2D eigenvalue weighted by Gasteiger charge is 2.40. The van der Waals surface area contributed by atoms with Crippen LogP contribution in [0.3, 0.4) is 0 Å². The summed E-state index contributed by atoms with van der Waals surface area (Å²) in [6, 6.07) is 26.3. The minimum absolute atomic E-state index is 0.0869. The molecule has 0 amide bonds. The van der Waals surface area contributed by atoms with E-state index in [9.17, 15) is 0 Å². The van der Waals surface area contributed by atoms with Crippen LogP contribution >= 0.6 is 46.1 Å². The molecule has 1 aliphatic rings. The lowest BCUT2D eigenvalue weighted by Crippen LogP contribution is -2.12. The normalized spacial score (nSPS) is 14.1. The third-order valence-corrected chi connectivity index (χ3v) is 11.7. The molecule has 39 heavy (non-hydrogen) atoms. The average Bonchev–Trinajstić information content (AvgIpc) is 3.76. The molecule has 0 N–H and O–H groups in total. The summed E-state index contributed by atoms with van der Waals surface area (Å²) in [4.78, 5) is 5.31. The molecule has 0 spiro atoms. The van der Waals surface area contributed by atoms with Crippen LogP contribution in [0.25, 0.3) is 74.9 Å². The van der Waals surface area contributed by atoms with Crippen molar-refractivity contribution in [1.29, 1.82) is 0 Å². The summed E-state index contributed by atoms with van der Waals surface area (Å²) in [6.07, 6.45) is 0. The van der Waals surface area contributed by atoms with Gasteiger partial charge in [0.1, 0.15) is 22.1 Å². The SMILES string of the molecule is CC1(C)c2cc(-c3c4ccccc4cc4nsnc34)sc2-c2cc(-c3c4ccccc4cc4nsnc34)sc21. The van der Waals surface area contributed by atoms with Gasteiger partial charge in [-0.15, -0.1) is 22.7 Å². The molecule has 1 aliphatic carbocycles. The van der Waals surface area contributed by atoms with Crippen molar-refractivity contribution >= 4 is 89.7 Å². The summed E-state index contributed by atoms with van der Waals surface area (Å²) in [5, 5.41) is 4.87. The lowest BCUT2D eigenvalue weighted by Gasteiger charge is -2.18. The molecule has 4 nitrogen and oxygen atoms in total. The minimum Gasteiger partial charge on any atom is -0.173 e. The predicted octanol–water partition coefficient (Wildman–Crippen LogP) is 9.77. The summed E-state index contributed by atoms with van der Waals surface area (Å²) in [7, 11) is 0. The fourth-order valence-electron chi connectivity index (χ4n) is 6.12. The van der Waals surface area contributed by atoms with E-state index >= 15 is 0 Å². The van der Waals surface area contributed by atoms with Crippen LogP contribution in [0.2, 0.25) is 0 Å². The van der Waals surface area contributed by atoms with E-state index in [1.165, 1.54) is 86.8 Å². The molecule has 0 fully saturated rings. The molecule has 0 unspecified atom stereocenters. The second-order valence-electron chi connectivity index (χ2n) is 10.5. The summed E-state index contributed by atoms with van der Waals surface area (Å²) >= 11 is 6.38. The highest BCUT2D eigenvalue weighted by Crippen LogP contribution is 2.59. The first-order valence-corrected chi connectivity index (χ1v) is 15.7. The van der Waals surface area contributed by atoms with Gasteiger partial charge in [-0.3, -0.25) is 0 Å². The van der Waals surface area contributed by atoms with Crippen molar-refractivity contribution in [3.8, 4) is 31.3 Å². The molecule has 0 saturated heterocycles. The predicted molar refractivity (Wildman–Crippen MR) is 168 cm³/mol. The largest absolute Gasteiger partial charge is 0.173 e. The van der Waals surface area contributed by atoms with Gasteiger partial charge >= 0.3 is 0 Å².